The summed E-state index contributed by atoms with van der Waals surface area (Å²) in [5, 5.41) is 3.74. The van der Waals surface area contributed by atoms with Crippen molar-refractivity contribution >= 4 is 0 Å². The van der Waals surface area contributed by atoms with E-state index in [2.05, 4.69) is 29.3 Å². The molecule has 0 bridgehead atoms. The third kappa shape index (κ3) is 4.80. The van der Waals surface area contributed by atoms with E-state index in [1.165, 1.54) is 24.8 Å². The summed E-state index contributed by atoms with van der Waals surface area (Å²) in [6.45, 7) is 0.821. The minimum atomic E-state index is -0.0991. The van der Waals surface area contributed by atoms with Crippen molar-refractivity contribution in [2.45, 2.75) is 44.2 Å². The summed E-state index contributed by atoms with van der Waals surface area (Å²) in [6, 6.07) is 16.2. The molecule has 0 aliphatic heterocycles. The Balaban J connectivity index is 1.72. The molecule has 3 rings (SSSR count). The lowest BCUT2D eigenvalue weighted by molar-refractivity contribution is 0.299. The normalized spacial score (nSPS) is 15.6. The van der Waals surface area contributed by atoms with Gasteiger partial charge in [0.2, 0.25) is 0 Å². The van der Waals surface area contributed by atoms with Crippen molar-refractivity contribution in [2.24, 2.45) is 0 Å². The van der Waals surface area contributed by atoms with E-state index in [1.54, 1.807) is 14.2 Å². The van der Waals surface area contributed by atoms with E-state index < -0.39 is 0 Å². The predicted molar refractivity (Wildman–Crippen MR) is 106 cm³/mol. The third-order valence-electron chi connectivity index (χ3n) is 5.03. The van der Waals surface area contributed by atoms with Crippen LogP contribution in [0, 0.1) is 11.8 Å². The van der Waals surface area contributed by atoms with E-state index in [1.807, 2.05) is 36.4 Å². The van der Waals surface area contributed by atoms with Crippen LogP contribution in [0.25, 0.3) is 0 Å². The SMILES string of the molecule is COc1ccc(C#CC2(NCc3ccc(OC)cc3)CCCCC2)cc1. The zero-order chi connectivity index (χ0) is 18.2. The fraction of sp³-hybridized carbons (Fsp3) is 0.391. The number of hydrogen-bond donors (Lipinski definition) is 1. The molecule has 2 aromatic rings. The zero-order valence-electron chi connectivity index (χ0n) is 15.7. The Bertz CT molecular complexity index is 748. The van der Waals surface area contributed by atoms with Crippen LogP contribution in [0.4, 0.5) is 0 Å². The first-order chi connectivity index (χ1) is 12.7. The molecule has 0 atom stereocenters. The molecule has 3 heteroatoms. The van der Waals surface area contributed by atoms with Crippen LogP contribution >= 0.6 is 0 Å². The minimum Gasteiger partial charge on any atom is -0.497 e. The highest BCUT2D eigenvalue weighted by Crippen LogP contribution is 2.28. The standard InChI is InChI=1S/C23H27NO2/c1-25-21-10-6-19(7-11-21)14-17-23(15-4-3-5-16-23)24-18-20-8-12-22(26-2)13-9-20/h6-13,24H,3-5,15-16,18H2,1-2H3. The number of nitrogens with one attached hydrogen (secondary N) is 1. The maximum atomic E-state index is 5.24. The Labute approximate surface area is 156 Å². The summed E-state index contributed by atoms with van der Waals surface area (Å²) in [5.74, 6) is 8.68. The van der Waals surface area contributed by atoms with Gasteiger partial charge in [0.05, 0.1) is 19.8 Å². The second kappa shape index (κ2) is 8.78. The molecule has 0 radical (unpaired) electrons. The van der Waals surface area contributed by atoms with E-state index in [9.17, 15) is 0 Å². The van der Waals surface area contributed by atoms with Gasteiger partial charge in [-0.1, -0.05) is 43.2 Å². The molecule has 1 aliphatic rings. The molecule has 0 aromatic heterocycles. The van der Waals surface area contributed by atoms with E-state index in [-0.39, 0.29) is 5.54 Å². The smallest absolute Gasteiger partial charge is 0.118 e. The highest BCUT2D eigenvalue weighted by atomic mass is 16.5. The number of benzene rings is 2. The number of methoxy groups -OCH3 is 2. The minimum absolute atomic E-state index is 0.0991. The molecule has 1 saturated carbocycles. The van der Waals surface area contributed by atoms with E-state index >= 15 is 0 Å². The fourth-order valence-corrected chi connectivity index (χ4v) is 3.38. The van der Waals surface area contributed by atoms with E-state index in [0.29, 0.717) is 0 Å². The van der Waals surface area contributed by atoms with Gasteiger partial charge in [0.1, 0.15) is 11.5 Å². The average Bonchev–Trinajstić information content (AvgIpc) is 2.72. The van der Waals surface area contributed by atoms with Crippen molar-refractivity contribution in [3.8, 4) is 23.3 Å². The topological polar surface area (TPSA) is 30.5 Å². The molecule has 1 aliphatic carbocycles. The van der Waals surface area contributed by atoms with Gasteiger partial charge >= 0.3 is 0 Å². The van der Waals surface area contributed by atoms with Crippen LogP contribution in [0.1, 0.15) is 43.2 Å². The predicted octanol–water partition coefficient (Wildman–Crippen LogP) is 4.55. The maximum Gasteiger partial charge on any atom is 0.118 e. The van der Waals surface area contributed by atoms with Gasteiger partial charge in [-0.25, -0.2) is 0 Å². The first-order valence-corrected chi connectivity index (χ1v) is 9.28. The average molecular weight is 349 g/mol. The maximum absolute atomic E-state index is 5.24. The van der Waals surface area contributed by atoms with Crippen LogP contribution < -0.4 is 14.8 Å². The summed E-state index contributed by atoms with van der Waals surface area (Å²) in [5.41, 5.74) is 2.18. The second-order valence-corrected chi connectivity index (χ2v) is 6.82. The van der Waals surface area contributed by atoms with Crippen molar-refractivity contribution in [3.63, 3.8) is 0 Å². The van der Waals surface area contributed by atoms with Crippen LogP contribution in [0.15, 0.2) is 48.5 Å². The summed E-state index contributed by atoms with van der Waals surface area (Å²) in [6.07, 6.45) is 5.97. The number of ether oxygens (including phenoxy) is 2. The Morgan fingerprint density at radius 2 is 1.42 bits per heavy atom. The molecule has 26 heavy (non-hydrogen) atoms. The number of hydrogen-bond acceptors (Lipinski definition) is 3. The lowest BCUT2D eigenvalue weighted by Crippen LogP contribution is -2.45. The molecule has 2 aromatic carbocycles. The fourth-order valence-electron chi connectivity index (χ4n) is 3.38. The Hall–Kier alpha value is -2.44. The summed E-state index contributed by atoms with van der Waals surface area (Å²) >= 11 is 0. The lowest BCUT2D eigenvalue weighted by atomic mass is 9.81. The second-order valence-electron chi connectivity index (χ2n) is 6.82. The van der Waals surface area contributed by atoms with Gasteiger partial charge in [0.15, 0.2) is 0 Å². The summed E-state index contributed by atoms with van der Waals surface area (Å²) in [4.78, 5) is 0. The summed E-state index contributed by atoms with van der Waals surface area (Å²) in [7, 11) is 3.37. The van der Waals surface area contributed by atoms with Gasteiger partial charge in [-0.3, -0.25) is 5.32 Å². The largest absolute Gasteiger partial charge is 0.497 e. The molecule has 0 unspecified atom stereocenters. The molecular formula is C23H27NO2. The molecule has 0 spiro atoms. The molecule has 0 heterocycles. The van der Waals surface area contributed by atoms with Gasteiger partial charge in [-0.15, -0.1) is 0 Å². The van der Waals surface area contributed by atoms with Gasteiger partial charge in [-0.2, -0.15) is 0 Å². The van der Waals surface area contributed by atoms with Crippen molar-refractivity contribution in [1.82, 2.24) is 5.32 Å². The first-order valence-electron chi connectivity index (χ1n) is 9.28. The molecule has 0 amide bonds. The molecule has 1 N–H and O–H groups in total. The Morgan fingerprint density at radius 3 is 2.00 bits per heavy atom. The van der Waals surface area contributed by atoms with Crippen molar-refractivity contribution in [3.05, 3.63) is 59.7 Å². The lowest BCUT2D eigenvalue weighted by Gasteiger charge is -2.34. The zero-order valence-corrected chi connectivity index (χ0v) is 15.7. The van der Waals surface area contributed by atoms with Crippen LogP contribution in [0.3, 0.4) is 0 Å². The Kier molecular flexibility index (Phi) is 6.20. The van der Waals surface area contributed by atoms with Gasteiger partial charge in [0, 0.05) is 12.1 Å². The highest BCUT2D eigenvalue weighted by molar-refractivity contribution is 5.40. The molecule has 1 fully saturated rings. The van der Waals surface area contributed by atoms with E-state index in [4.69, 9.17) is 9.47 Å². The Morgan fingerprint density at radius 1 is 0.846 bits per heavy atom. The van der Waals surface area contributed by atoms with Crippen LogP contribution in [-0.2, 0) is 6.54 Å². The molecule has 0 saturated heterocycles. The highest BCUT2D eigenvalue weighted by Gasteiger charge is 2.29. The van der Waals surface area contributed by atoms with Crippen molar-refractivity contribution < 1.29 is 9.47 Å². The monoisotopic (exact) mass is 349 g/mol. The quantitative estimate of drug-likeness (QED) is 0.804. The van der Waals surface area contributed by atoms with Gasteiger partial charge in [-0.05, 0) is 54.8 Å². The first kappa shape index (κ1) is 18.4. The van der Waals surface area contributed by atoms with E-state index in [0.717, 1.165) is 36.4 Å². The molecular weight excluding hydrogens is 322 g/mol. The summed E-state index contributed by atoms with van der Waals surface area (Å²) < 4.78 is 10.5. The number of rotatable bonds is 5. The van der Waals surface area contributed by atoms with Crippen LogP contribution in [-0.4, -0.2) is 19.8 Å². The third-order valence-corrected chi connectivity index (χ3v) is 5.03. The van der Waals surface area contributed by atoms with Crippen molar-refractivity contribution in [1.29, 1.82) is 0 Å². The van der Waals surface area contributed by atoms with Gasteiger partial charge < -0.3 is 9.47 Å². The van der Waals surface area contributed by atoms with Crippen molar-refractivity contribution in [2.75, 3.05) is 14.2 Å². The molecule has 3 nitrogen and oxygen atoms in total. The van der Waals surface area contributed by atoms with Crippen LogP contribution in [0.5, 0.6) is 11.5 Å². The van der Waals surface area contributed by atoms with Gasteiger partial charge in [0.25, 0.3) is 0 Å². The molecule has 136 valence electrons. The van der Waals surface area contributed by atoms with Crippen LogP contribution in [0.2, 0.25) is 0 Å².